The Labute approximate surface area is 135 Å². The minimum Gasteiger partial charge on any atom is -0.482 e. The number of carbonyl (C=O) groups is 3. The first-order valence-electron chi connectivity index (χ1n) is 7.43. The van der Waals surface area contributed by atoms with Gasteiger partial charge in [0.25, 0.3) is 0 Å². The lowest BCUT2D eigenvalue weighted by Crippen LogP contribution is -2.37. The summed E-state index contributed by atoms with van der Waals surface area (Å²) >= 11 is 0. The van der Waals surface area contributed by atoms with Crippen LogP contribution >= 0.6 is 0 Å². The zero-order valence-corrected chi connectivity index (χ0v) is 13.3. The van der Waals surface area contributed by atoms with Crippen LogP contribution in [-0.4, -0.2) is 36.0 Å². The minimum atomic E-state index is -1.04. The molecule has 3 N–H and O–H groups in total. The molecule has 23 heavy (non-hydrogen) atoms. The predicted molar refractivity (Wildman–Crippen MR) is 84.0 cm³/mol. The Morgan fingerprint density at radius 2 is 1.83 bits per heavy atom. The van der Waals surface area contributed by atoms with Crippen molar-refractivity contribution in [2.24, 2.45) is 0 Å². The number of hydrogen-bond acceptors (Lipinski definition) is 4. The molecule has 1 atom stereocenters. The number of carboxylic acid groups (broad SMARTS) is 1. The van der Waals surface area contributed by atoms with E-state index in [2.05, 4.69) is 10.6 Å². The van der Waals surface area contributed by atoms with Crippen LogP contribution < -0.4 is 15.4 Å². The van der Waals surface area contributed by atoms with E-state index in [-0.39, 0.29) is 24.4 Å². The fraction of sp³-hybridized carbons (Fsp3) is 0.438. The number of nitrogens with one attached hydrogen (secondary N) is 2. The second-order valence-corrected chi connectivity index (χ2v) is 5.07. The van der Waals surface area contributed by atoms with Gasteiger partial charge < -0.3 is 20.5 Å². The van der Waals surface area contributed by atoms with Gasteiger partial charge in [0.2, 0.25) is 11.8 Å². The van der Waals surface area contributed by atoms with E-state index in [1.54, 1.807) is 24.3 Å². The van der Waals surface area contributed by atoms with E-state index in [0.29, 0.717) is 12.2 Å². The lowest BCUT2D eigenvalue weighted by atomic mass is 10.1. The molecule has 1 unspecified atom stereocenters. The van der Waals surface area contributed by atoms with Gasteiger partial charge in [-0.1, -0.05) is 19.1 Å². The van der Waals surface area contributed by atoms with Crippen molar-refractivity contribution in [2.75, 3.05) is 13.2 Å². The number of carboxylic acids is 1. The lowest BCUT2D eigenvalue weighted by Gasteiger charge is -2.15. The number of ether oxygens (including phenoxy) is 1. The zero-order valence-electron chi connectivity index (χ0n) is 13.3. The Morgan fingerprint density at radius 3 is 2.39 bits per heavy atom. The lowest BCUT2D eigenvalue weighted by molar-refractivity contribution is -0.139. The average Bonchev–Trinajstić information content (AvgIpc) is 2.51. The summed E-state index contributed by atoms with van der Waals surface area (Å²) in [6.07, 6.45) is 1.14. The molecule has 1 aromatic rings. The van der Waals surface area contributed by atoms with Crippen molar-refractivity contribution in [3.8, 4) is 5.75 Å². The summed E-state index contributed by atoms with van der Waals surface area (Å²) in [7, 11) is 0. The topological polar surface area (TPSA) is 105 Å². The number of aliphatic carboxylic acids is 1. The molecule has 0 aromatic heterocycles. The molecule has 0 aliphatic carbocycles. The van der Waals surface area contributed by atoms with Gasteiger partial charge in [-0.2, -0.15) is 0 Å². The summed E-state index contributed by atoms with van der Waals surface area (Å²) in [4.78, 5) is 33.5. The van der Waals surface area contributed by atoms with Crippen molar-refractivity contribution in [2.45, 2.75) is 32.7 Å². The summed E-state index contributed by atoms with van der Waals surface area (Å²) in [6.45, 7) is 3.26. The van der Waals surface area contributed by atoms with E-state index < -0.39 is 12.6 Å². The van der Waals surface area contributed by atoms with Crippen molar-refractivity contribution in [1.82, 2.24) is 10.6 Å². The fourth-order valence-corrected chi connectivity index (χ4v) is 1.87. The Hall–Kier alpha value is -2.57. The highest BCUT2D eigenvalue weighted by Crippen LogP contribution is 2.17. The van der Waals surface area contributed by atoms with Crippen molar-refractivity contribution in [1.29, 1.82) is 0 Å². The van der Waals surface area contributed by atoms with Crippen LogP contribution in [-0.2, 0) is 14.4 Å². The van der Waals surface area contributed by atoms with Gasteiger partial charge in [0.15, 0.2) is 6.61 Å². The maximum atomic E-state index is 11.8. The molecule has 7 nitrogen and oxygen atoms in total. The highest BCUT2D eigenvalue weighted by atomic mass is 16.5. The van der Waals surface area contributed by atoms with Crippen molar-refractivity contribution in [3.63, 3.8) is 0 Å². The average molecular weight is 322 g/mol. The second kappa shape index (κ2) is 9.45. The van der Waals surface area contributed by atoms with Gasteiger partial charge in [0.1, 0.15) is 5.75 Å². The van der Waals surface area contributed by atoms with Crippen LogP contribution in [0.15, 0.2) is 24.3 Å². The first-order valence-corrected chi connectivity index (χ1v) is 7.43. The van der Waals surface area contributed by atoms with E-state index in [9.17, 15) is 14.4 Å². The molecule has 0 bridgehead atoms. The van der Waals surface area contributed by atoms with Crippen molar-refractivity contribution >= 4 is 17.8 Å². The quantitative estimate of drug-likeness (QED) is 0.634. The first kappa shape index (κ1) is 18.5. The zero-order chi connectivity index (χ0) is 17.2. The Bertz CT molecular complexity index is 542. The summed E-state index contributed by atoms with van der Waals surface area (Å²) in [5.74, 6) is -1.01. The summed E-state index contributed by atoms with van der Waals surface area (Å²) < 4.78 is 5.04. The predicted octanol–water partition coefficient (Wildman–Crippen LogP) is 1.24. The Balaban J connectivity index is 2.44. The smallest absolute Gasteiger partial charge is 0.341 e. The highest BCUT2D eigenvalue weighted by molar-refractivity contribution is 5.84. The third-order valence-corrected chi connectivity index (χ3v) is 3.04. The van der Waals surface area contributed by atoms with Crippen LogP contribution in [0.1, 0.15) is 38.3 Å². The fourth-order valence-electron chi connectivity index (χ4n) is 1.87. The Morgan fingerprint density at radius 1 is 1.17 bits per heavy atom. The van der Waals surface area contributed by atoms with Crippen LogP contribution in [0.2, 0.25) is 0 Å². The van der Waals surface area contributed by atoms with Crippen LogP contribution in [0.25, 0.3) is 0 Å². The first-order chi connectivity index (χ1) is 10.9. The second-order valence-electron chi connectivity index (χ2n) is 5.07. The molecule has 0 fully saturated rings. The molecular weight excluding hydrogens is 300 g/mol. The van der Waals surface area contributed by atoms with E-state index in [1.165, 1.54) is 0 Å². The normalized spacial score (nSPS) is 11.4. The van der Waals surface area contributed by atoms with Crippen LogP contribution in [0.5, 0.6) is 5.75 Å². The molecule has 0 spiro atoms. The van der Waals surface area contributed by atoms with Crippen molar-refractivity contribution in [3.05, 3.63) is 29.8 Å². The molecule has 0 aliphatic rings. The number of carbonyl (C=O) groups excluding carboxylic acids is 2. The van der Waals surface area contributed by atoms with Gasteiger partial charge in [-0.3, -0.25) is 9.59 Å². The molecule has 2 amide bonds. The largest absolute Gasteiger partial charge is 0.482 e. The van der Waals surface area contributed by atoms with E-state index >= 15 is 0 Å². The van der Waals surface area contributed by atoms with E-state index in [4.69, 9.17) is 9.84 Å². The van der Waals surface area contributed by atoms with Gasteiger partial charge in [-0.05, 0) is 31.0 Å². The molecule has 0 aliphatic heterocycles. The Kier molecular flexibility index (Phi) is 7.59. The van der Waals surface area contributed by atoms with Crippen LogP contribution in [0.3, 0.4) is 0 Å². The summed E-state index contributed by atoms with van der Waals surface area (Å²) in [6, 6.07) is 6.54. The maximum absolute atomic E-state index is 11.8. The minimum absolute atomic E-state index is 0.0526. The molecule has 7 heteroatoms. The third kappa shape index (κ3) is 7.30. The molecular formula is C16H22N2O5. The van der Waals surface area contributed by atoms with Gasteiger partial charge in [-0.25, -0.2) is 4.79 Å². The van der Waals surface area contributed by atoms with Crippen LogP contribution in [0.4, 0.5) is 0 Å². The summed E-state index contributed by atoms with van der Waals surface area (Å²) in [5.41, 5.74) is 0.848. The van der Waals surface area contributed by atoms with Gasteiger partial charge in [0, 0.05) is 6.42 Å². The van der Waals surface area contributed by atoms with Gasteiger partial charge in [0.05, 0.1) is 12.6 Å². The van der Waals surface area contributed by atoms with Gasteiger partial charge >= 0.3 is 5.97 Å². The number of hydrogen-bond donors (Lipinski definition) is 3. The van der Waals surface area contributed by atoms with E-state index in [1.807, 2.05) is 13.8 Å². The third-order valence-electron chi connectivity index (χ3n) is 3.04. The molecule has 0 heterocycles. The number of rotatable bonds is 9. The standard InChI is InChI=1S/C16H22N2O5/c1-3-4-14(19)17-9-15(20)18-11(2)12-5-7-13(8-6-12)23-10-16(21)22/h5-8,11H,3-4,9-10H2,1-2H3,(H,17,19)(H,18,20)(H,21,22). The molecule has 0 radical (unpaired) electrons. The van der Waals surface area contributed by atoms with Crippen LogP contribution in [0, 0.1) is 0 Å². The molecule has 1 rings (SSSR count). The number of amides is 2. The van der Waals surface area contributed by atoms with Crippen molar-refractivity contribution < 1.29 is 24.2 Å². The number of benzene rings is 1. The molecule has 0 saturated heterocycles. The molecule has 126 valence electrons. The summed E-state index contributed by atoms with van der Waals surface area (Å²) in [5, 5.41) is 13.9. The molecule has 0 saturated carbocycles. The SMILES string of the molecule is CCCC(=O)NCC(=O)NC(C)c1ccc(OCC(=O)O)cc1. The maximum Gasteiger partial charge on any atom is 0.341 e. The van der Waals surface area contributed by atoms with Gasteiger partial charge in [-0.15, -0.1) is 0 Å². The van der Waals surface area contributed by atoms with E-state index in [0.717, 1.165) is 12.0 Å². The molecule has 1 aromatic carbocycles. The highest BCUT2D eigenvalue weighted by Gasteiger charge is 2.11. The monoisotopic (exact) mass is 322 g/mol.